The third-order valence-corrected chi connectivity index (χ3v) is 6.56. The molecule has 1 aliphatic carbocycles. The Hall–Kier alpha value is -1.87. The quantitative estimate of drug-likeness (QED) is 0.548. The van der Waals surface area contributed by atoms with Crippen LogP contribution < -0.4 is 10.6 Å². The lowest BCUT2D eigenvalue weighted by atomic mass is 9.79. The zero-order valence-corrected chi connectivity index (χ0v) is 19.5. The Bertz CT molecular complexity index is 824. The summed E-state index contributed by atoms with van der Waals surface area (Å²) in [5, 5.41) is 5.94. The smallest absolute Gasteiger partial charge is 0.325 e. The van der Waals surface area contributed by atoms with Crippen molar-refractivity contribution >= 4 is 41.0 Å². The molecule has 2 amide bonds. The molecule has 8 nitrogen and oxygen atoms in total. The van der Waals surface area contributed by atoms with Gasteiger partial charge in [-0.25, -0.2) is 0 Å². The molecule has 0 radical (unpaired) electrons. The first-order valence-electron chi connectivity index (χ1n) is 10.9. The molecule has 0 spiro atoms. The predicted octanol–water partition coefficient (Wildman–Crippen LogP) is 2.42. The van der Waals surface area contributed by atoms with E-state index in [1.807, 2.05) is 0 Å². The van der Waals surface area contributed by atoms with Gasteiger partial charge in [-0.1, -0.05) is 42.5 Å². The third-order valence-electron chi connectivity index (χ3n) is 6.01. The lowest BCUT2D eigenvalue weighted by molar-refractivity contribution is -0.147. The van der Waals surface area contributed by atoms with E-state index in [4.69, 9.17) is 32.7 Å². The van der Waals surface area contributed by atoms with Crippen molar-refractivity contribution in [3.8, 4) is 0 Å². The largest absolute Gasteiger partial charge is 0.454 e. The minimum Gasteiger partial charge on any atom is -0.454 e. The molecule has 1 aliphatic heterocycles. The first kappa shape index (κ1) is 24.8. The number of nitrogens with zero attached hydrogens (tertiary/aromatic N) is 1. The molecule has 1 aromatic carbocycles. The Morgan fingerprint density at radius 2 is 1.78 bits per heavy atom. The molecule has 1 saturated heterocycles. The van der Waals surface area contributed by atoms with Crippen molar-refractivity contribution in [1.29, 1.82) is 0 Å². The highest BCUT2D eigenvalue weighted by Gasteiger charge is 2.38. The molecular formula is C22H29Cl2N3O5. The van der Waals surface area contributed by atoms with Crippen LogP contribution in [0.5, 0.6) is 0 Å². The highest BCUT2D eigenvalue weighted by molar-refractivity contribution is 6.36. The Kier molecular flexibility index (Phi) is 9.16. The summed E-state index contributed by atoms with van der Waals surface area (Å²) in [4.78, 5) is 38.8. The number of rotatable bonds is 8. The lowest BCUT2D eigenvalue weighted by Gasteiger charge is -2.48. The van der Waals surface area contributed by atoms with Crippen LogP contribution in [0.3, 0.4) is 0 Å². The summed E-state index contributed by atoms with van der Waals surface area (Å²) in [6, 6.07) is 4.44. The number of carbonyl (C=O) groups excluding carboxylic acids is 3. The van der Waals surface area contributed by atoms with Crippen LogP contribution in [0.1, 0.15) is 42.5 Å². The van der Waals surface area contributed by atoms with Gasteiger partial charge < -0.3 is 20.1 Å². The average Bonchev–Trinajstić information content (AvgIpc) is 2.81. The SMILES string of the molecule is O=C(COC(=O)CNC(=O)c1ccc(Cl)cc1Cl)NCC1(N2CCOCC2)CCCCC1. The number of hydrogen-bond acceptors (Lipinski definition) is 6. The number of nitrogens with one attached hydrogen (secondary N) is 2. The van der Waals surface area contributed by atoms with E-state index in [-0.39, 0.29) is 28.6 Å². The molecule has 10 heteroatoms. The minimum absolute atomic E-state index is 0.0620. The summed E-state index contributed by atoms with van der Waals surface area (Å²) in [7, 11) is 0. The fourth-order valence-electron chi connectivity index (χ4n) is 4.28. The second-order valence-corrected chi connectivity index (χ2v) is 8.97. The highest BCUT2D eigenvalue weighted by Crippen LogP contribution is 2.33. The zero-order chi connectivity index (χ0) is 23.0. The van der Waals surface area contributed by atoms with E-state index in [2.05, 4.69) is 15.5 Å². The summed E-state index contributed by atoms with van der Waals surface area (Å²) in [5.74, 6) is -1.60. The van der Waals surface area contributed by atoms with Crippen molar-refractivity contribution in [2.75, 3.05) is 46.0 Å². The number of hydrogen-bond donors (Lipinski definition) is 2. The van der Waals surface area contributed by atoms with Gasteiger partial charge in [-0.3, -0.25) is 19.3 Å². The number of ether oxygens (including phenoxy) is 2. The van der Waals surface area contributed by atoms with Crippen molar-refractivity contribution in [3.63, 3.8) is 0 Å². The van der Waals surface area contributed by atoms with E-state index in [0.29, 0.717) is 24.8 Å². The van der Waals surface area contributed by atoms with Gasteiger partial charge in [0.05, 0.1) is 23.8 Å². The van der Waals surface area contributed by atoms with Crippen LogP contribution in [0.25, 0.3) is 0 Å². The van der Waals surface area contributed by atoms with E-state index < -0.39 is 18.5 Å². The lowest BCUT2D eigenvalue weighted by Crippen LogP contribution is -2.59. The topological polar surface area (TPSA) is 97.0 Å². The molecule has 0 atom stereocenters. The molecule has 176 valence electrons. The molecule has 1 heterocycles. The molecule has 32 heavy (non-hydrogen) atoms. The normalized spacial score (nSPS) is 18.6. The van der Waals surface area contributed by atoms with Crippen LogP contribution in [0.2, 0.25) is 10.0 Å². The molecular weight excluding hydrogens is 457 g/mol. The average molecular weight is 486 g/mol. The van der Waals surface area contributed by atoms with E-state index in [1.165, 1.54) is 24.6 Å². The molecule has 2 N–H and O–H groups in total. The molecule has 2 aliphatic rings. The van der Waals surface area contributed by atoms with Crippen molar-refractivity contribution < 1.29 is 23.9 Å². The zero-order valence-electron chi connectivity index (χ0n) is 18.0. The summed E-state index contributed by atoms with van der Waals surface area (Å²) < 4.78 is 10.5. The maximum Gasteiger partial charge on any atom is 0.325 e. The molecule has 0 unspecified atom stereocenters. The molecule has 0 bridgehead atoms. The van der Waals surface area contributed by atoms with E-state index in [1.54, 1.807) is 0 Å². The van der Waals surface area contributed by atoms with Crippen LogP contribution in [0.4, 0.5) is 0 Å². The number of esters is 1. The Balaban J connectivity index is 1.41. The molecule has 1 saturated carbocycles. The summed E-state index contributed by atoms with van der Waals surface area (Å²) >= 11 is 11.8. The van der Waals surface area contributed by atoms with Gasteiger partial charge in [-0.2, -0.15) is 0 Å². The van der Waals surface area contributed by atoms with Gasteiger partial charge in [0.15, 0.2) is 6.61 Å². The number of morpholine rings is 1. The summed E-state index contributed by atoms with van der Waals surface area (Å²) in [6.07, 6.45) is 5.56. The van der Waals surface area contributed by atoms with Gasteiger partial charge in [0.2, 0.25) is 0 Å². The fourth-order valence-corrected chi connectivity index (χ4v) is 4.78. The maximum absolute atomic E-state index is 12.3. The Labute approximate surface area is 197 Å². The Morgan fingerprint density at radius 3 is 2.47 bits per heavy atom. The fraction of sp³-hybridized carbons (Fsp3) is 0.591. The Morgan fingerprint density at radius 1 is 1.06 bits per heavy atom. The first-order chi connectivity index (χ1) is 15.4. The summed E-state index contributed by atoms with van der Waals surface area (Å²) in [5.41, 5.74) is 0.135. The molecule has 1 aromatic rings. The van der Waals surface area contributed by atoms with Crippen LogP contribution in [0.15, 0.2) is 18.2 Å². The van der Waals surface area contributed by atoms with E-state index in [9.17, 15) is 14.4 Å². The van der Waals surface area contributed by atoms with Crippen LogP contribution in [-0.4, -0.2) is 74.2 Å². The van der Waals surface area contributed by atoms with E-state index >= 15 is 0 Å². The highest BCUT2D eigenvalue weighted by atomic mass is 35.5. The van der Waals surface area contributed by atoms with Gasteiger partial charge >= 0.3 is 5.97 Å². The van der Waals surface area contributed by atoms with Crippen LogP contribution >= 0.6 is 23.2 Å². The first-order valence-corrected chi connectivity index (χ1v) is 11.6. The monoisotopic (exact) mass is 485 g/mol. The van der Waals surface area contributed by atoms with Crippen molar-refractivity contribution in [2.24, 2.45) is 0 Å². The van der Waals surface area contributed by atoms with Gasteiger partial charge in [0.1, 0.15) is 6.54 Å². The second-order valence-electron chi connectivity index (χ2n) is 8.13. The minimum atomic E-state index is -0.709. The number of benzene rings is 1. The van der Waals surface area contributed by atoms with Crippen molar-refractivity contribution in [1.82, 2.24) is 15.5 Å². The number of amides is 2. The number of carbonyl (C=O) groups is 3. The van der Waals surface area contributed by atoms with E-state index in [0.717, 1.165) is 38.8 Å². The summed E-state index contributed by atoms with van der Waals surface area (Å²) in [6.45, 7) is 2.90. The second kappa shape index (κ2) is 11.8. The maximum atomic E-state index is 12.3. The van der Waals surface area contributed by atoms with Crippen molar-refractivity contribution in [2.45, 2.75) is 37.6 Å². The molecule has 2 fully saturated rings. The van der Waals surface area contributed by atoms with Crippen LogP contribution in [-0.2, 0) is 19.1 Å². The van der Waals surface area contributed by atoms with Gasteiger partial charge in [-0.05, 0) is 31.0 Å². The predicted molar refractivity (Wildman–Crippen MR) is 121 cm³/mol. The van der Waals surface area contributed by atoms with Crippen molar-refractivity contribution in [3.05, 3.63) is 33.8 Å². The van der Waals surface area contributed by atoms with Crippen LogP contribution in [0, 0.1) is 0 Å². The standard InChI is InChI=1S/C22H29Cl2N3O5/c23-16-4-5-17(18(24)12-16)21(30)25-13-20(29)32-14-19(28)26-15-22(6-2-1-3-7-22)27-8-10-31-11-9-27/h4-5,12H,1-3,6-11,13-15H2,(H,25,30)(H,26,28). The number of halogens is 2. The van der Waals surface area contributed by atoms with Gasteiger partial charge in [-0.15, -0.1) is 0 Å². The molecule has 3 rings (SSSR count). The third kappa shape index (κ3) is 6.81. The van der Waals surface area contributed by atoms with Gasteiger partial charge in [0.25, 0.3) is 11.8 Å². The molecule has 0 aromatic heterocycles. The van der Waals surface area contributed by atoms with Gasteiger partial charge in [0, 0.05) is 30.2 Å².